The zero-order chi connectivity index (χ0) is 10.5. The Morgan fingerprint density at radius 3 is 1.69 bits per heavy atom. The highest BCUT2D eigenvalue weighted by molar-refractivity contribution is 5.95. The van der Waals surface area contributed by atoms with Crippen LogP contribution in [0.1, 0.15) is 48.5 Å². The zero-order valence-electron chi connectivity index (χ0n) is 9.86. The van der Waals surface area contributed by atoms with E-state index in [1.54, 1.807) is 0 Å². The summed E-state index contributed by atoms with van der Waals surface area (Å²) in [5.74, 6) is 0. The van der Waals surface area contributed by atoms with Crippen LogP contribution >= 0.6 is 0 Å². The predicted molar refractivity (Wildman–Crippen MR) is 55.8 cm³/mol. The molecule has 0 amide bonds. The third-order valence-corrected chi connectivity index (χ3v) is 3.17. The van der Waals surface area contributed by atoms with E-state index < -0.39 is 0 Å². The molecule has 0 atom stereocenters. The lowest BCUT2D eigenvalue weighted by atomic mass is 9.67. The average molecular weight is 183 g/mol. The third-order valence-electron chi connectivity index (χ3n) is 3.17. The molecule has 0 saturated carbocycles. The maximum atomic E-state index is 5.48. The fraction of sp³-hybridized carbons (Fsp3) is 0.909. The van der Waals surface area contributed by atoms with Crippen molar-refractivity contribution in [1.29, 1.82) is 0 Å². The van der Waals surface area contributed by atoms with Gasteiger partial charge in [0.25, 0.3) is 0 Å². The van der Waals surface area contributed by atoms with Crippen molar-refractivity contribution < 1.29 is 4.84 Å². The van der Waals surface area contributed by atoms with E-state index in [1.165, 1.54) is 0 Å². The summed E-state index contributed by atoms with van der Waals surface area (Å²) in [7, 11) is 0. The molecule has 0 bridgehead atoms. The largest absolute Gasteiger partial charge is 0.389 e. The molecule has 0 radical (unpaired) electrons. The van der Waals surface area contributed by atoms with Gasteiger partial charge >= 0.3 is 0 Å². The van der Waals surface area contributed by atoms with Crippen molar-refractivity contribution in [3.63, 3.8) is 0 Å². The third kappa shape index (κ3) is 1.47. The monoisotopic (exact) mass is 183 g/mol. The van der Waals surface area contributed by atoms with E-state index >= 15 is 0 Å². The summed E-state index contributed by atoms with van der Waals surface area (Å²) in [4.78, 5) is 5.48. The molecule has 0 fully saturated rings. The molecule has 0 aliphatic carbocycles. The van der Waals surface area contributed by atoms with Gasteiger partial charge < -0.3 is 4.84 Å². The van der Waals surface area contributed by atoms with E-state index in [0.29, 0.717) is 0 Å². The number of rotatable bonds is 0. The van der Waals surface area contributed by atoms with Gasteiger partial charge in [-0.15, -0.1) is 0 Å². The second-order valence-electron chi connectivity index (χ2n) is 5.92. The smallest absolute Gasteiger partial charge is 0.142 e. The molecule has 0 aromatic carbocycles. The van der Waals surface area contributed by atoms with Gasteiger partial charge in [0, 0.05) is 10.8 Å². The average Bonchev–Trinajstić information content (AvgIpc) is 2.00. The topological polar surface area (TPSA) is 21.6 Å². The summed E-state index contributed by atoms with van der Waals surface area (Å²) in [6.45, 7) is 15.1. The van der Waals surface area contributed by atoms with Crippen LogP contribution in [-0.4, -0.2) is 11.3 Å². The second-order valence-corrected chi connectivity index (χ2v) is 5.92. The fourth-order valence-electron chi connectivity index (χ4n) is 1.75. The molecule has 13 heavy (non-hydrogen) atoms. The molecule has 76 valence electrons. The Labute approximate surface area is 81.3 Å². The Morgan fingerprint density at radius 1 is 1.08 bits per heavy atom. The number of oxime groups is 1. The van der Waals surface area contributed by atoms with Crippen molar-refractivity contribution >= 4 is 5.71 Å². The minimum absolute atomic E-state index is 0.0191. The summed E-state index contributed by atoms with van der Waals surface area (Å²) >= 11 is 0. The predicted octanol–water partition coefficient (Wildman–Crippen LogP) is 3.22. The Hall–Kier alpha value is -0.530. The Bertz CT molecular complexity index is 243. The molecule has 1 rings (SSSR count). The van der Waals surface area contributed by atoms with Crippen LogP contribution in [0.2, 0.25) is 0 Å². The molecule has 0 spiro atoms. The van der Waals surface area contributed by atoms with Gasteiger partial charge in [0.05, 0.1) is 5.71 Å². The van der Waals surface area contributed by atoms with E-state index in [2.05, 4.69) is 53.6 Å². The molecule has 1 aliphatic rings. The van der Waals surface area contributed by atoms with Crippen molar-refractivity contribution in [2.75, 3.05) is 0 Å². The standard InChI is InChI=1S/C11H21NO/c1-9(2,3)8-10(4,5)11(6,7)13-12-8/h1-7H3. The van der Waals surface area contributed by atoms with Gasteiger partial charge in [-0.05, 0) is 13.8 Å². The van der Waals surface area contributed by atoms with Crippen LogP contribution in [-0.2, 0) is 4.84 Å². The van der Waals surface area contributed by atoms with Crippen molar-refractivity contribution in [2.45, 2.75) is 54.1 Å². The van der Waals surface area contributed by atoms with Gasteiger partial charge in [-0.25, -0.2) is 0 Å². The van der Waals surface area contributed by atoms with Gasteiger partial charge in [-0.1, -0.05) is 39.8 Å². The molecule has 0 aromatic rings. The quantitative estimate of drug-likeness (QED) is 0.565. The van der Waals surface area contributed by atoms with Crippen LogP contribution in [0.4, 0.5) is 0 Å². The normalized spacial score (nSPS) is 25.3. The van der Waals surface area contributed by atoms with Crippen molar-refractivity contribution in [3.8, 4) is 0 Å². The van der Waals surface area contributed by atoms with Crippen LogP contribution in [0.5, 0.6) is 0 Å². The minimum atomic E-state index is -0.185. The van der Waals surface area contributed by atoms with E-state index in [4.69, 9.17) is 4.84 Å². The lowest BCUT2D eigenvalue weighted by Gasteiger charge is -2.36. The summed E-state index contributed by atoms with van der Waals surface area (Å²) in [5.41, 5.74) is 1.09. The first-order valence-corrected chi connectivity index (χ1v) is 4.86. The van der Waals surface area contributed by atoms with Crippen LogP contribution in [0.15, 0.2) is 5.16 Å². The van der Waals surface area contributed by atoms with E-state index in [9.17, 15) is 0 Å². The molecular weight excluding hydrogens is 162 g/mol. The van der Waals surface area contributed by atoms with Crippen molar-refractivity contribution in [3.05, 3.63) is 0 Å². The van der Waals surface area contributed by atoms with Gasteiger partial charge in [-0.2, -0.15) is 0 Å². The maximum Gasteiger partial charge on any atom is 0.142 e. The summed E-state index contributed by atoms with van der Waals surface area (Å²) in [6, 6.07) is 0. The Kier molecular flexibility index (Phi) is 2.02. The number of hydrogen-bond donors (Lipinski definition) is 0. The molecule has 1 heterocycles. The summed E-state index contributed by atoms with van der Waals surface area (Å²) in [6.07, 6.45) is 0. The summed E-state index contributed by atoms with van der Waals surface area (Å²) in [5, 5.41) is 4.23. The molecule has 2 heteroatoms. The van der Waals surface area contributed by atoms with E-state index in [-0.39, 0.29) is 16.4 Å². The van der Waals surface area contributed by atoms with Crippen LogP contribution in [0, 0.1) is 10.8 Å². The first-order chi connectivity index (χ1) is 5.59. The number of nitrogens with zero attached hydrogens (tertiary/aromatic N) is 1. The molecular formula is C11H21NO. The lowest BCUT2D eigenvalue weighted by Crippen LogP contribution is -2.45. The highest BCUT2D eigenvalue weighted by Gasteiger charge is 2.51. The molecule has 0 aromatic heterocycles. The zero-order valence-corrected chi connectivity index (χ0v) is 9.86. The van der Waals surface area contributed by atoms with Gasteiger partial charge in [0.1, 0.15) is 5.60 Å². The molecule has 0 saturated heterocycles. The van der Waals surface area contributed by atoms with Crippen LogP contribution in [0.25, 0.3) is 0 Å². The maximum absolute atomic E-state index is 5.48. The molecule has 2 nitrogen and oxygen atoms in total. The van der Waals surface area contributed by atoms with Crippen molar-refractivity contribution in [2.24, 2.45) is 16.0 Å². The van der Waals surface area contributed by atoms with Gasteiger partial charge in [0.2, 0.25) is 0 Å². The highest BCUT2D eigenvalue weighted by Crippen LogP contribution is 2.45. The van der Waals surface area contributed by atoms with Crippen molar-refractivity contribution in [1.82, 2.24) is 0 Å². The van der Waals surface area contributed by atoms with Crippen LogP contribution in [0.3, 0.4) is 0 Å². The molecule has 0 N–H and O–H groups in total. The lowest BCUT2D eigenvalue weighted by molar-refractivity contribution is -0.0412. The fourth-order valence-corrected chi connectivity index (χ4v) is 1.75. The Morgan fingerprint density at radius 2 is 1.54 bits per heavy atom. The first-order valence-electron chi connectivity index (χ1n) is 4.86. The second kappa shape index (κ2) is 2.49. The molecule has 1 aliphatic heterocycles. The van der Waals surface area contributed by atoms with Gasteiger partial charge in [-0.3, -0.25) is 0 Å². The Balaban J connectivity index is 3.07. The summed E-state index contributed by atoms with van der Waals surface area (Å²) < 4.78 is 0. The van der Waals surface area contributed by atoms with E-state index in [1.807, 2.05) is 0 Å². The minimum Gasteiger partial charge on any atom is -0.389 e. The van der Waals surface area contributed by atoms with E-state index in [0.717, 1.165) is 5.71 Å². The number of hydrogen-bond acceptors (Lipinski definition) is 2. The molecule has 0 unspecified atom stereocenters. The highest BCUT2D eigenvalue weighted by atomic mass is 16.7. The van der Waals surface area contributed by atoms with Gasteiger partial charge in [0.15, 0.2) is 0 Å². The SMILES string of the molecule is CC(C)(C)C1=NOC(C)(C)C1(C)C. The first kappa shape index (κ1) is 10.6. The van der Waals surface area contributed by atoms with Crippen LogP contribution < -0.4 is 0 Å².